The Labute approximate surface area is 813 Å². The number of aromatic nitrogens is 2. The van der Waals surface area contributed by atoms with E-state index in [2.05, 4.69) is 63.1 Å². The highest BCUT2D eigenvalue weighted by atomic mass is 32.1. The Bertz CT molecular complexity index is 4210. The lowest BCUT2D eigenvalue weighted by Gasteiger charge is -2.34. The number of unbranched alkanes of at least 4 members (excludes halogenated alkanes) is 2. The van der Waals surface area contributed by atoms with Gasteiger partial charge in [-0.3, -0.25) is 57.5 Å². The minimum Gasteiger partial charge on any atom is -0.379 e. The maximum Gasteiger partial charge on any atom is 0.245 e. The molecule has 35 nitrogen and oxygen atoms in total. The van der Waals surface area contributed by atoms with Crippen LogP contribution >= 0.6 is 22.7 Å². The van der Waals surface area contributed by atoms with E-state index >= 15 is 9.59 Å². The Balaban J connectivity index is 0.632. The fourth-order valence-electron chi connectivity index (χ4n) is 16.3. The minimum atomic E-state index is -1.28. The molecular weight excluding hydrogens is 1800 g/mol. The Hall–Kier alpha value is -10.6. The van der Waals surface area contributed by atoms with Gasteiger partial charge in [-0.25, -0.2) is 9.97 Å². The second kappa shape index (κ2) is 62.4. The molecular formula is C100H144N14O21S2. The SMILES string of the molecule is CC(C)C[C@@H]1NC(=O)[C@H](C(C)C)N(C)C(=O)[C@@H](CCCCNC(=O)CCOCCOCCOCCOCCOCCOCCOCCOCCOCCC(=O)NCCCC[C@H]2NC(=O)[C@@H](Cc3cscn3)NC(=O)[C@@H](C(c3ccccc3)c3ccccc3)NC(=O)[C@H](CC(C)C)NC(=O)[C@H](C(C)C)N(C)C2=O)NC(=O)[C@@H](Cc2cscn2)NC(=O)[C@@H](C(c2ccccc2)c2ccccc2)NC1=O. The number of benzene rings is 4. The highest BCUT2D eigenvalue weighted by molar-refractivity contribution is 7.07. The number of hydrogen-bond acceptors (Lipinski definition) is 25. The normalized spacial score (nSPS) is 19.9. The zero-order valence-corrected chi connectivity index (χ0v) is 82.5. The van der Waals surface area contributed by atoms with Gasteiger partial charge in [-0.2, -0.15) is 0 Å². The summed E-state index contributed by atoms with van der Waals surface area (Å²) >= 11 is 2.65. The molecule has 0 spiro atoms. The van der Waals surface area contributed by atoms with Crippen LogP contribution in [-0.2, 0) is 113 Å². The predicted octanol–water partition coefficient (Wildman–Crippen LogP) is 6.52. The van der Waals surface area contributed by atoms with Gasteiger partial charge >= 0.3 is 0 Å². The van der Waals surface area contributed by atoms with Crippen LogP contribution in [0.3, 0.4) is 0 Å². The first-order valence-electron chi connectivity index (χ1n) is 47.8. The topological polar surface area (TPSA) is 440 Å². The summed E-state index contributed by atoms with van der Waals surface area (Å²) in [4.78, 5) is 185. The number of nitrogens with zero attached hydrogens (tertiary/aromatic N) is 4. The van der Waals surface area contributed by atoms with Gasteiger partial charge in [0.1, 0.15) is 60.4 Å². The van der Waals surface area contributed by atoms with Gasteiger partial charge in [0, 0.05) is 75.5 Å². The summed E-state index contributed by atoms with van der Waals surface area (Å²) in [5.74, 6) is -9.00. The average Bonchev–Trinajstić information content (AvgIpc) is 1.63. The molecule has 37 heteroatoms. The Morgan fingerprint density at radius 3 is 0.861 bits per heavy atom. The molecule has 752 valence electrons. The van der Waals surface area contributed by atoms with Crippen molar-refractivity contribution in [2.75, 3.05) is 146 Å². The van der Waals surface area contributed by atoms with Crippen molar-refractivity contribution < 1.29 is 100 Å². The summed E-state index contributed by atoms with van der Waals surface area (Å²) in [6.07, 6.45) is 2.48. The van der Waals surface area contributed by atoms with Crippen LogP contribution in [0.15, 0.2) is 143 Å². The van der Waals surface area contributed by atoms with E-state index in [0.717, 1.165) is 22.3 Å². The van der Waals surface area contributed by atoms with Gasteiger partial charge in [0.05, 0.1) is 141 Å². The zero-order valence-electron chi connectivity index (χ0n) is 80.9. The molecule has 0 saturated carbocycles. The number of amides is 12. The fraction of sp³-hybridized carbons (Fsp3) is 0.580. The van der Waals surface area contributed by atoms with E-state index in [1.165, 1.54) is 46.6 Å². The molecule has 4 heterocycles. The molecule has 2 aromatic heterocycles. The van der Waals surface area contributed by atoms with Crippen LogP contribution in [0.4, 0.5) is 0 Å². The Morgan fingerprint density at radius 2 is 0.599 bits per heavy atom. The van der Waals surface area contributed by atoms with Gasteiger partial charge in [-0.05, 0) is 97.3 Å². The third-order valence-corrected chi connectivity index (χ3v) is 24.4. The summed E-state index contributed by atoms with van der Waals surface area (Å²) in [5.41, 5.74) is 7.18. The van der Waals surface area contributed by atoms with Crippen molar-refractivity contribution in [3.05, 3.63) is 177 Å². The van der Waals surface area contributed by atoms with Crippen LogP contribution in [0.1, 0.15) is 165 Å². The van der Waals surface area contributed by atoms with E-state index < -0.39 is 143 Å². The summed E-state index contributed by atoms with van der Waals surface area (Å²) < 4.78 is 50.5. The second-order valence-electron chi connectivity index (χ2n) is 35.5. The molecule has 10 N–H and O–H groups in total. The first-order chi connectivity index (χ1) is 66.2. The molecule has 0 radical (unpaired) electrons. The van der Waals surface area contributed by atoms with E-state index in [9.17, 15) is 47.9 Å². The number of carbonyl (C=O) groups excluding carboxylic acids is 12. The number of nitrogens with one attached hydrogen (secondary N) is 10. The monoisotopic (exact) mass is 1940 g/mol. The van der Waals surface area contributed by atoms with Gasteiger partial charge in [-0.15, -0.1) is 22.7 Å². The molecule has 0 unspecified atom stereocenters. The predicted molar refractivity (Wildman–Crippen MR) is 519 cm³/mol. The van der Waals surface area contributed by atoms with Crippen molar-refractivity contribution >= 4 is 93.6 Å². The second-order valence-corrected chi connectivity index (χ2v) is 37.0. The summed E-state index contributed by atoms with van der Waals surface area (Å²) in [5, 5.41) is 33.0. The molecule has 2 aliphatic heterocycles. The Kier molecular flexibility index (Phi) is 50.9. The summed E-state index contributed by atoms with van der Waals surface area (Å²) in [7, 11) is 3.01. The number of likely N-dealkylation sites (N-methyl/N-ethyl adjacent to an activating group) is 2. The maximum absolute atomic E-state index is 15.1. The van der Waals surface area contributed by atoms with Crippen LogP contribution in [-0.4, -0.2) is 297 Å². The lowest BCUT2D eigenvalue weighted by atomic mass is 9.84. The lowest BCUT2D eigenvalue weighted by Crippen LogP contribution is -2.59. The maximum atomic E-state index is 15.1. The van der Waals surface area contributed by atoms with E-state index in [4.69, 9.17) is 42.6 Å². The molecule has 4 aromatic carbocycles. The first kappa shape index (κ1) is 112. The van der Waals surface area contributed by atoms with Crippen LogP contribution in [0.2, 0.25) is 0 Å². The molecule has 0 aliphatic carbocycles. The van der Waals surface area contributed by atoms with Gasteiger partial charge in [0.15, 0.2) is 0 Å². The van der Waals surface area contributed by atoms with E-state index in [-0.39, 0.29) is 115 Å². The molecule has 137 heavy (non-hydrogen) atoms. The number of hydrogen-bond donors (Lipinski definition) is 10. The fourth-order valence-corrected chi connectivity index (χ4v) is 17.5. The molecule has 12 amide bonds. The number of carbonyl (C=O) groups is 12. The van der Waals surface area contributed by atoms with E-state index in [0.29, 0.717) is 130 Å². The zero-order chi connectivity index (χ0) is 98.6. The highest BCUT2D eigenvalue weighted by Crippen LogP contribution is 2.32. The Morgan fingerprint density at radius 1 is 0.336 bits per heavy atom. The third-order valence-electron chi connectivity index (χ3n) is 23.2. The van der Waals surface area contributed by atoms with Crippen molar-refractivity contribution in [1.29, 1.82) is 0 Å². The van der Waals surface area contributed by atoms with Gasteiger partial charge in [0.25, 0.3) is 0 Å². The summed E-state index contributed by atoms with van der Waals surface area (Å²) in [6.45, 7) is 21.3. The quantitative estimate of drug-likeness (QED) is 0.0182. The molecule has 10 atom stereocenters. The number of thiazole rings is 2. The highest BCUT2D eigenvalue weighted by Gasteiger charge is 2.44. The van der Waals surface area contributed by atoms with Crippen molar-refractivity contribution in [2.24, 2.45) is 23.7 Å². The van der Waals surface area contributed by atoms with E-state index in [1.54, 1.807) is 49.5 Å². The first-order valence-corrected chi connectivity index (χ1v) is 49.7. The van der Waals surface area contributed by atoms with Gasteiger partial charge in [-0.1, -0.05) is 177 Å². The molecule has 0 bridgehead atoms. The molecule has 2 aliphatic rings. The van der Waals surface area contributed by atoms with Crippen molar-refractivity contribution in [3.8, 4) is 0 Å². The van der Waals surface area contributed by atoms with Crippen LogP contribution in [0, 0.1) is 23.7 Å². The number of rotatable bonds is 56. The third kappa shape index (κ3) is 39.7. The van der Waals surface area contributed by atoms with E-state index in [1.807, 2.05) is 149 Å². The molecule has 6 aromatic rings. The van der Waals surface area contributed by atoms with Crippen LogP contribution in [0.25, 0.3) is 0 Å². The van der Waals surface area contributed by atoms with Crippen molar-refractivity contribution in [3.63, 3.8) is 0 Å². The standard InChI is InChI=1S/C100H144N14O21S2/c1-67(2)59-79-93(119)111-87(85(71-27-15-11-16-28-71)72-29-17-12-18-30-72)95(121)107-81(61-75-63-136-65-103-75)91(117)105-77(99(125)113(9)89(69(5)6)97(123)109-79)35-23-25-39-101-83(115)37-41-127-43-45-129-47-49-131-51-53-133-55-57-135-58-56-134-54-52-132-50-48-130-46-44-128-42-38-84(116)102-40-26-24-36-78-100(126)114(10)90(70(7)8)98(124)110-80(60-68(3)4)94(120)112-88(86(73-31-19-13-20-32-73)74-33-21-14-22-34-74)96(122)108-82(92(118)106-78)62-76-64-137-66-104-76/h11-22,27-34,63-70,77-82,85-90H,23-26,35-62H2,1-10H3,(H,101,115)(H,102,116)(H,105,117)(H,106,118)(H,107,121)(H,108,122)(H,109,123)(H,110,124)(H,111,119)(H,112,120)/t77-,78-,79+,80+,81-,82-,87-,88-,89+,90+/m1/s1. The summed E-state index contributed by atoms with van der Waals surface area (Å²) in [6, 6.07) is 25.4. The van der Waals surface area contributed by atoms with Crippen molar-refractivity contribution in [2.45, 2.75) is 205 Å². The average molecular weight is 1940 g/mol. The number of ether oxygens (including phenoxy) is 9. The van der Waals surface area contributed by atoms with Crippen molar-refractivity contribution in [1.82, 2.24) is 72.9 Å². The van der Waals surface area contributed by atoms with Crippen LogP contribution in [0.5, 0.6) is 0 Å². The molecule has 2 saturated heterocycles. The van der Waals surface area contributed by atoms with Crippen LogP contribution < -0.4 is 53.2 Å². The smallest absolute Gasteiger partial charge is 0.245 e. The van der Waals surface area contributed by atoms with Gasteiger partial charge in [0.2, 0.25) is 70.9 Å². The largest absolute Gasteiger partial charge is 0.379 e. The minimum absolute atomic E-state index is 0.0312. The molecule has 2 fully saturated rings. The molecule has 8 rings (SSSR count). The van der Waals surface area contributed by atoms with Gasteiger partial charge < -0.3 is 106 Å². The lowest BCUT2D eigenvalue weighted by molar-refractivity contribution is -0.144.